The Hall–Kier alpha value is -3.60. The number of halogens is 2. The maximum Gasteiger partial charge on any atom is 0.0720 e. The minimum atomic E-state index is 0.692. The van der Waals surface area contributed by atoms with Crippen LogP contribution in [0.3, 0.4) is 0 Å². The highest BCUT2D eigenvalue weighted by Crippen LogP contribution is 2.16. The summed E-state index contributed by atoms with van der Waals surface area (Å²) in [4.78, 5) is 0. The van der Waals surface area contributed by atoms with Gasteiger partial charge in [0.2, 0.25) is 0 Å². The van der Waals surface area contributed by atoms with Gasteiger partial charge in [-0.05, 0) is 59.7 Å². The molecule has 0 saturated carbocycles. The Labute approximate surface area is 222 Å². The van der Waals surface area contributed by atoms with Crippen LogP contribution in [0.2, 0.25) is 10.0 Å². The molecule has 0 fully saturated rings. The molecular weight excluding hydrogens is 487 g/mol. The molecule has 0 aliphatic heterocycles. The van der Waals surface area contributed by atoms with Crippen molar-refractivity contribution in [2.24, 2.45) is 10.2 Å². The van der Waals surface area contributed by atoms with Gasteiger partial charge in [0.05, 0.1) is 11.4 Å². The molecular formula is C30H28Cl2N4. The van der Waals surface area contributed by atoms with Crippen molar-refractivity contribution < 1.29 is 0 Å². The third-order valence-corrected chi connectivity index (χ3v) is 6.08. The van der Waals surface area contributed by atoms with Crippen molar-refractivity contribution in [3.05, 3.63) is 130 Å². The van der Waals surface area contributed by atoms with Crippen molar-refractivity contribution in [2.75, 3.05) is 23.7 Å². The standard InChI is InChI=1S/C30H28Cl2N4/c31-25-15-11-23(12-16-25)29(19-21-33-27-7-3-1-4-8-27)35-36-30(24-13-17-26(32)18-14-24)20-22-34-28-9-5-2-6-10-28/h1-18,33-34H,19-22H2. The van der Waals surface area contributed by atoms with E-state index in [2.05, 4.69) is 34.9 Å². The normalized spacial score (nSPS) is 11.8. The highest BCUT2D eigenvalue weighted by Gasteiger charge is 2.08. The van der Waals surface area contributed by atoms with E-state index in [1.807, 2.05) is 84.9 Å². The number of rotatable bonds is 11. The van der Waals surface area contributed by atoms with E-state index in [0.717, 1.165) is 47.0 Å². The predicted octanol–water partition coefficient (Wildman–Crippen LogP) is 8.19. The first kappa shape index (κ1) is 25.5. The molecule has 182 valence electrons. The predicted molar refractivity (Wildman–Crippen MR) is 155 cm³/mol. The Balaban J connectivity index is 1.56. The lowest BCUT2D eigenvalue weighted by atomic mass is 10.1. The van der Waals surface area contributed by atoms with Crippen molar-refractivity contribution >= 4 is 46.0 Å². The van der Waals surface area contributed by atoms with Gasteiger partial charge in [-0.3, -0.25) is 0 Å². The van der Waals surface area contributed by atoms with E-state index in [-0.39, 0.29) is 0 Å². The zero-order valence-electron chi connectivity index (χ0n) is 19.9. The number of anilines is 2. The van der Waals surface area contributed by atoms with E-state index in [0.29, 0.717) is 22.9 Å². The van der Waals surface area contributed by atoms with Crippen LogP contribution in [0.1, 0.15) is 24.0 Å². The molecule has 0 spiro atoms. The van der Waals surface area contributed by atoms with Crippen LogP contribution in [-0.4, -0.2) is 24.5 Å². The van der Waals surface area contributed by atoms with Crippen LogP contribution in [0.15, 0.2) is 119 Å². The minimum absolute atomic E-state index is 0.692. The van der Waals surface area contributed by atoms with Crippen molar-refractivity contribution in [1.82, 2.24) is 0 Å². The highest BCUT2D eigenvalue weighted by atomic mass is 35.5. The van der Waals surface area contributed by atoms with Gasteiger partial charge in [-0.1, -0.05) is 83.9 Å². The van der Waals surface area contributed by atoms with E-state index >= 15 is 0 Å². The summed E-state index contributed by atoms with van der Waals surface area (Å²) in [6.07, 6.45) is 1.41. The molecule has 6 heteroatoms. The number of benzene rings is 4. The van der Waals surface area contributed by atoms with Crippen LogP contribution in [0, 0.1) is 0 Å². The molecule has 4 aromatic rings. The fourth-order valence-electron chi connectivity index (χ4n) is 3.67. The summed E-state index contributed by atoms with van der Waals surface area (Å²) < 4.78 is 0. The van der Waals surface area contributed by atoms with Crippen molar-refractivity contribution in [1.29, 1.82) is 0 Å². The van der Waals surface area contributed by atoms with Gasteiger partial charge in [0, 0.05) is 47.4 Å². The molecule has 0 radical (unpaired) electrons. The molecule has 0 atom stereocenters. The summed E-state index contributed by atoms with van der Waals surface area (Å²) in [6, 6.07) is 35.7. The molecule has 4 aromatic carbocycles. The topological polar surface area (TPSA) is 48.8 Å². The van der Waals surface area contributed by atoms with Gasteiger partial charge < -0.3 is 10.6 Å². The molecule has 0 unspecified atom stereocenters. The third kappa shape index (κ3) is 7.98. The summed E-state index contributed by atoms with van der Waals surface area (Å²) in [5, 5.41) is 17.8. The molecule has 0 aromatic heterocycles. The molecule has 2 N–H and O–H groups in total. The summed E-state index contributed by atoms with van der Waals surface area (Å²) in [5.74, 6) is 0. The van der Waals surface area contributed by atoms with Gasteiger partial charge in [-0.2, -0.15) is 10.2 Å². The second kappa shape index (κ2) is 13.5. The number of hydrogen-bond donors (Lipinski definition) is 2. The maximum absolute atomic E-state index is 6.13. The smallest absolute Gasteiger partial charge is 0.0720 e. The Kier molecular flexibility index (Phi) is 9.54. The Morgan fingerprint density at radius 3 is 1.22 bits per heavy atom. The average Bonchev–Trinajstić information content (AvgIpc) is 2.92. The molecule has 0 saturated heterocycles. The van der Waals surface area contributed by atoms with Gasteiger partial charge >= 0.3 is 0 Å². The number of nitrogens with one attached hydrogen (secondary N) is 2. The molecule has 36 heavy (non-hydrogen) atoms. The molecule has 0 bridgehead atoms. The minimum Gasteiger partial charge on any atom is -0.385 e. The second-order valence-corrected chi connectivity index (χ2v) is 9.07. The van der Waals surface area contributed by atoms with Gasteiger partial charge in [0.15, 0.2) is 0 Å². The van der Waals surface area contributed by atoms with Gasteiger partial charge in [-0.25, -0.2) is 0 Å². The van der Waals surface area contributed by atoms with Crippen LogP contribution in [0.5, 0.6) is 0 Å². The lowest BCUT2D eigenvalue weighted by Crippen LogP contribution is -2.12. The Bertz CT molecular complexity index is 1170. The van der Waals surface area contributed by atoms with Gasteiger partial charge in [-0.15, -0.1) is 0 Å². The van der Waals surface area contributed by atoms with Crippen LogP contribution in [0.25, 0.3) is 0 Å². The second-order valence-electron chi connectivity index (χ2n) is 8.19. The molecule has 4 nitrogen and oxygen atoms in total. The molecule has 0 heterocycles. The molecule has 4 rings (SSSR count). The largest absolute Gasteiger partial charge is 0.385 e. The van der Waals surface area contributed by atoms with Crippen LogP contribution >= 0.6 is 23.2 Å². The number of nitrogens with zero attached hydrogens (tertiary/aromatic N) is 2. The molecule has 0 aliphatic carbocycles. The van der Waals surface area contributed by atoms with Crippen molar-refractivity contribution in [2.45, 2.75) is 12.8 Å². The SMILES string of the molecule is Clc1ccc(C(CCNc2ccccc2)=NN=C(CCNc2ccccc2)c2ccc(Cl)cc2)cc1. The molecule has 0 aliphatic rings. The van der Waals surface area contributed by atoms with Crippen molar-refractivity contribution in [3.63, 3.8) is 0 Å². The number of para-hydroxylation sites is 2. The quantitative estimate of drug-likeness (QED) is 0.156. The summed E-state index contributed by atoms with van der Waals surface area (Å²) in [5.41, 5.74) is 5.91. The number of hydrogen-bond acceptors (Lipinski definition) is 4. The average molecular weight is 515 g/mol. The Morgan fingerprint density at radius 1 is 0.500 bits per heavy atom. The zero-order valence-corrected chi connectivity index (χ0v) is 21.4. The lowest BCUT2D eigenvalue weighted by molar-refractivity contribution is 1.05. The van der Waals surface area contributed by atoms with E-state index in [1.54, 1.807) is 0 Å². The van der Waals surface area contributed by atoms with E-state index in [1.165, 1.54) is 0 Å². The third-order valence-electron chi connectivity index (χ3n) is 5.58. The van der Waals surface area contributed by atoms with Crippen molar-refractivity contribution in [3.8, 4) is 0 Å². The lowest BCUT2D eigenvalue weighted by Gasteiger charge is -2.11. The monoisotopic (exact) mass is 514 g/mol. The summed E-state index contributed by atoms with van der Waals surface area (Å²) >= 11 is 12.3. The van der Waals surface area contributed by atoms with Gasteiger partial charge in [0.25, 0.3) is 0 Å². The molecule has 0 amide bonds. The van der Waals surface area contributed by atoms with Crippen LogP contribution < -0.4 is 10.6 Å². The fraction of sp³-hybridized carbons (Fsp3) is 0.133. The van der Waals surface area contributed by atoms with Gasteiger partial charge in [0.1, 0.15) is 0 Å². The Morgan fingerprint density at radius 2 is 0.861 bits per heavy atom. The zero-order chi connectivity index (χ0) is 25.0. The first-order valence-electron chi connectivity index (χ1n) is 11.9. The van der Waals surface area contributed by atoms with E-state index in [9.17, 15) is 0 Å². The first-order chi connectivity index (χ1) is 17.7. The van der Waals surface area contributed by atoms with E-state index < -0.39 is 0 Å². The maximum atomic E-state index is 6.13. The fourth-order valence-corrected chi connectivity index (χ4v) is 3.92. The van der Waals surface area contributed by atoms with Crippen LogP contribution in [0.4, 0.5) is 11.4 Å². The van der Waals surface area contributed by atoms with E-state index in [4.69, 9.17) is 33.4 Å². The highest BCUT2D eigenvalue weighted by molar-refractivity contribution is 6.31. The summed E-state index contributed by atoms with van der Waals surface area (Å²) in [6.45, 7) is 1.46. The first-order valence-corrected chi connectivity index (χ1v) is 12.7. The van der Waals surface area contributed by atoms with Crippen LogP contribution in [-0.2, 0) is 0 Å². The summed E-state index contributed by atoms with van der Waals surface area (Å²) in [7, 11) is 0.